The van der Waals surface area contributed by atoms with Crippen LogP contribution in [0, 0.1) is 12.8 Å². The maximum absolute atomic E-state index is 14.4. The van der Waals surface area contributed by atoms with Gasteiger partial charge < -0.3 is 14.7 Å². The number of nitrogens with zero attached hydrogens (tertiary/aromatic N) is 8. The second-order valence-corrected chi connectivity index (χ2v) is 9.29. The fourth-order valence-corrected chi connectivity index (χ4v) is 4.74. The van der Waals surface area contributed by atoms with Crippen molar-refractivity contribution in [2.75, 3.05) is 18.0 Å². The van der Waals surface area contributed by atoms with Crippen LogP contribution < -0.4 is 9.64 Å². The second-order valence-electron chi connectivity index (χ2n) is 9.29. The minimum Gasteiger partial charge on any atom is -0.481 e. The number of aromatic nitrogens is 7. The first kappa shape index (κ1) is 25.2. The van der Waals surface area contributed by atoms with Gasteiger partial charge in [0.2, 0.25) is 5.88 Å². The molecule has 4 aromatic heterocycles. The molecule has 5 rings (SSSR count). The van der Waals surface area contributed by atoms with Gasteiger partial charge >= 0.3 is 5.97 Å². The van der Waals surface area contributed by atoms with E-state index in [4.69, 9.17) is 9.84 Å². The van der Waals surface area contributed by atoms with Crippen molar-refractivity contribution in [3.8, 4) is 23.0 Å². The lowest BCUT2D eigenvalue weighted by molar-refractivity contribution is -0.139. The lowest BCUT2D eigenvalue weighted by atomic mass is 9.92. The molecule has 0 spiro atoms. The zero-order chi connectivity index (χ0) is 26.9. The third-order valence-corrected chi connectivity index (χ3v) is 6.41. The minimum absolute atomic E-state index is 0.152. The van der Waals surface area contributed by atoms with Gasteiger partial charge in [-0.3, -0.25) is 14.5 Å². The Balaban J connectivity index is 1.35. The van der Waals surface area contributed by atoms with Gasteiger partial charge in [0, 0.05) is 44.0 Å². The third-order valence-electron chi connectivity index (χ3n) is 6.41. The van der Waals surface area contributed by atoms with E-state index in [0.717, 1.165) is 11.3 Å². The molecule has 1 saturated heterocycles. The Morgan fingerprint density at radius 2 is 2.11 bits per heavy atom. The first-order valence-electron chi connectivity index (χ1n) is 12.0. The zero-order valence-corrected chi connectivity index (χ0v) is 20.8. The normalized spacial score (nSPS) is 16.9. The number of ether oxygens (including phenoxy) is 1. The van der Waals surface area contributed by atoms with Gasteiger partial charge in [-0.05, 0) is 31.0 Å². The topological polar surface area (TPSA) is 124 Å². The average Bonchev–Trinajstić information content (AvgIpc) is 3.51. The molecule has 1 N–H and O–H groups in total. The van der Waals surface area contributed by atoms with Crippen LogP contribution in [0.15, 0.2) is 49.2 Å². The highest BCUT2D eigenvalue weighted by atomic mass is 19.3. The van der Waals surface area contributed by atoms with E-state index in [-0.39, 0.29) is 19.6 Å². The molecule has 4 aromatic rings. The standard InChI is InChI=1S/C25H26F2N8O3/c1-16-20(34-12-17(8-24(36)37)10-25(26,27)14-34)5-4-19(32-16)18-11-31-33(2)21(18)13-38-23-9-22(28-15-29-23)35-7-3-6-30-35/h3-7,9,11,15,17H,8,10,12-14H2,1-2H3,(H,36,37)/t17-/m0/s1. The number of hydrogen-bond donors (Lipinski definition) is 1. The molecule has 1 aliphatic rings. The number of aryl methyl sites for hydroxylation is 2. The highest BCUT2D eigenvalue weighted by molar-refractivity contribution is 5.68. The van der Waals surface area contributed by atoms with Crippen LogP contribution in [0.25, 0.3) is 17.1 Å². The van der Waals surface area contributed by atoms with Gasteiger partial charge in [0.15, 0.2) is 5.82 Å². The molecule has 1 aliphatic heterocycles. The van der Waals surface area contributed by atoms with E-state index in [9.17, 15) is 13.6 Å². The molecule has 0 amide bonds. The summed E-state index contributed by atoms with van der Waals surface area (Å²) in [7, 11) is 1.79. The van der Waals surface area contributed by atoms with Crippen LogP contribution in [0.3, 0.4) is 0 Å². The molecular formula is C25H26F2N8O3. The second kappa shape index (κ2) is 10.1. The highest BCUT2D eigenvalue weighted by Crippen LogP contribution is 2.36. The molecule has 198 valence electrons. The van der Waals surface area contributed by atoms with Gasteiger partial charge in [-0.1, -0.05) is 0 Å². The summed E-state index contributed by atoms with van der Waals surface area (Å²) < 4.78 is 38.0. The Morgan fingerprint density at radius 1 is 1.26 bits per heavy atom. The van der Waals surface area contributed by atoms with Crippen LogP contribution >= 0.6 is 0 Å². The van der Waals surface area contributed by atoms with Crippen molar-refractivity contribution in [3.63, 3.8) is 0 Å². The zero-order valence-electron chi connectivity index (χ0n) is 20.8. The Bertz CT molecular complexity index is 1440. The van der Waals surface area contributed by atoms with Crippen LogP contribution in [0.1, 0.15) is 24.2 Å². The van der Waals surface area contributed by atoms with Crippen LogP contribution in [-0.2, 0) is 18.4 Å². The Morgan fingerprint density at radius 3 is 2.84 bits per heavy atom. The number of piperidine rings is 1. The Kier molecular flexibility index (Phi) is 6.74. The molecule has 0 bridgehead atoms. The molecule has 11 nitrogen and oxygen atoms in total. The van der Waals surface area contributed by atoms with Crippen LogP contribution in [0.2, 0.25) is 0 Å². The van der Waals surface area contributed by atoms with Crippen LogP contribution in [0.4, 0.5) is 14.5 Å². The number of carboxylic acids is 1. The van der Waals surface area contributed by atoms with E-state index < -0.39 is 30.8 Å². The molecule has 1 atom stereocenters. The lowest BCUT2D eigenvalue weighted by Gasteiger charge is -2.39. The van der Waals surface area contributed by atoms with E-state index >= 15 is 0 Å². The van der Waals surface area contributed by atoms with Gasteiger partial charge in [0.1, 0.15) is 12.9 Å². The smallest absolute Gasteiger partial charge is 0.303 e. The molecule has 13 heteroatoms. The molecule has 1 fully saturated rings. The quantitative estimate of drug-likeness (QED) is 0.370. The van der Waals surface area contributed by atoms with Crippen molar-refractivity contribution in [1.29, 1.82) is 0 Å². The minimum atomic E-state index is -2.98. The van der Waals surface area contributed by atoms with E-state index in [1.165, 1.54) is 11.2 Å². The number of halogens is 2. The number of aliphatic carboxylic acids is 1. The van der Waals surface area contributed by atoms with Gasteiger partial charge in [0.05, 0.1) is 41.9 Å². The van der Waals surface area contributed by atoms with Crippen molar-refractivity contribution >= 4 is 11.7 Å². The number of anilines is 1. The predicted octanol–water partition coefficient (Wildman–Crippen LogP) is 3.28. The molecule has 0 unspecified atom stereocenters. The summed E-state index contributed by atoms with van der Waals surface area (Å²) >= 11 is 0. The van der Waals surface area contributed by atoms with Crippen molar-refractivity contribution in [3.05, 3.63) is 60.6 Å². The number of pyridine rings is 1. The van der Waals surface area contributed by atoms with E-state index in [0.29, 0.717) is 28.8 Å². The summed E-state index contributed by atoms with van der Waals surface area (Å²) in [6.07, 6.45) is 5.75. The first-order chi connectivity index (χ1) is 18.2. The fraction of sp³-hybridized carbons (Fsp3) is 0.360. The fourth-order valence-electron chi connectivity index (χ4n) is 4.74. The summed E-state index contributed by atoms with van der Waals surface area (Å²) in [5.41, 5.74) is 3.21. The number of rotatable bonds is 8. The van der Waals surface area contributed by atoms with E-state index in [1.54, 1.807) is 66.2 Å². The van der Waals surface area contributed by atoms with Gasteiger partial charge in [-0.2, -0.15) is 10.2 Å². The Hall–Kier alpha value is -4.42. The van der Waals surface area contributed by atoms with Gasteiger partial charge in [0.25, 0.3) is 5.92 Å². The van der Waals surface area contributed by atoms with E-state index in [1.807, 2.05) is 0 Å². The van der Waals surface area contributed by atoms with Gasteiger partial charge in [-0.15, -0.1) is 0 Å². The largest absolute Gasteiger partial charge is 0.481 e. The molecule has 38 heavy (non-hydrogen) atoms. The van der Waals surface area contributed by atoms with Crippen molar-refractivity contribution in [2.24, 2.45) is 13.0 Å². The van der Waals surface area contributed by atoms with E-state index in [2.05, 4.69) is 25.1 Å². The number of carbonyl (C=O) groups is 1. The third kappa shape index (κ3) is 5.45. The summed E-state index contributed by atoms with van der Waals surface area (Å²) in [5.74, 6) is -3.78. The molecule has 0 aliphatic carbocycles. The number of alkyl halides is 2. The molecular weight excluding hydrogens is 498 g/mol. The van der Waals surface area contributed by atoms with Crippen molar-refractivity contribution in [1.82, 2.24) is 34.5 Å². The summed E-state index contributed by atoms with van der Waals surface area (Å²) in [6, 6.07) is 6.96. The number of hydrogen-bond acceptors (Lipinski definition) is 8. The summed E-state index contributed by atoms with van der Waals surface area (Å²) in [4.78, 5) is 25.7. The predicted molar refractivity (Wildman–Crippen MR) is 132 cm³/mol. The monoisotopic (exact) mass is 524 g/mol. The van der Waals surface area contributed by atoms with Gasteiger partial charge in [-0.25, -0.2) is 23.4 Å². The number of carboxylic acid groups (broad SMARTS) is 1. The highest BCUT2D eigenvalue weighted by Gasteiger charge is 2.41. The van der Waals surface area contributed by atoms with Crippen LogP contribution in [-0.4, -0.2) is 64.6 Å². The maximum atomic E-state index is 14.4. The molecule has 0 aromatic carbocycles. The molecule has 0 saturated carbocycles. The lowest BCUT2D eigenvalue weighted by Crippen LogP contribution is -2.48. The van der Waals surface area contributed by atoms with Crippen molar-refractivity contribution in [2.45, 2.75) is 32.3 Å². The average molecular weight is 525 g/mol. The summed E-state index contributed by atoms with van der Waals surface area (Å²) in [5, 5.41) is 17.6. The van der Waals surface area contributed by atoms with Crippen LogP contribution in [0.5, 0.6) is 5.88 Å². The Labute approximate surface area is 216 Å². The first-order valence-corrected chi connectivity index (χ1v) is 12.0. The maximum Gasteiger partial charge on any atom is 0.303 e. The van der Waals surface area contributed by atoms with Crippen molar-refractivity contribution < 1.29 is 23.4 Å². The SMILES string of the molecule is Cc1nc(-c2cnn(C)c2COc2cc(-n3cccn3)ncn2)ccc1N1C[C@@H](CC(=O)O)CC(F)(F)C1. The molecule has 0 radical (unpaired) electrons. The molecule has 5 heterocycles. The summed E-state index contributed by atoms with van der Waals surface area (Å²) in [6.45, 7) is 1.66.